The van der Waals surface area contributed by atoms with Gasteiger partial charge in [0.15, 0.2) is 5.76 Å². The van der Waals surface area contributed by atoms with Crippen molar-refractivity contribution in [2.45, 2.75) is 43.9 Å². The summed E-state index contributed by atoms with van der Waals surface area (Å²) in [6.07, 6.45) is -0.764. The molecule has 0 spiro atoms. The quantitative estimate of drug-likeness (QED) is 0.473. The molecule has 1 amide bonds. The van der Waals surface area contributed by atoms with Gasteiger partial charge in [-0.3, -0.25) is 4.79 Å². The smallest absolute Gasteiger partial charge is 0.416 e. The number of carbonyl (C=O) groups is 1. The number of hydrogen-bond donors (Lipinski definition) is 3. The number of furan rings is 1. The molecule has 3 aromatic rings. The number of halogens is 3. The van der Waals surface area contributed by atoms with E-state index < -0.39 is 11.7 Å². The van der Waals surface area contributed by atoms with Crippen LogP contribution in [0.2, 0.25) is 0 Å². The van der Waals surface area contributed by atoms with Gasteiger partial charge in [-0.1, -0.05) is 0 Å². The zero-order valence-electron chi connectivity index (χ0n) is 19.3. The van der Waals surface area contributed by atoms with Crippen LogP contribution in [-0.4, -0.2) is 44.2 Å². The molecule has 35 heavy (non-hydrogen) atoms. The highest BCUT2D eigenvalue weighted by atomic mass is 19.4. The second-order valence-corrected chi connectivity index (χ2v) is 9.31. The van der Waals surface area contributed by atoms with Gasteiger partial charge in [0, 0.05) is 48.0 Å². The van der Waals surface area contributed by atoms with Crippen LogP contribution in [0.1, 0.15) is 41.8 Å². The predicted molar refractivity (Wildman–Crippen MR) is 130 cm³/mol. The zero-order valence-corrected chi connectivity index (χ0v) is 19.3. The molecule has 2 aliphatic heterocycles. The first-order valence-electron chi connectivity index (χ1n) is 12.1. The predicted octanol–water partition coefficient (Wildman–Crippen LogP) is 5.01. The molecule has 3 heterocycles. The van der Waals surface area contributed by atoms with Gasteiger partial charge in [-0.15, -0.1) is 0 Å². The molecular weight excluding hydrogens is 457 g/mol. The monoisotopic (exact) mass is 486 g/mol. The van der Waals surface area contributed by atoms with Gasteiger partial charge < -0.3 is 25.3 Å². The summed E-state index contributed by atoms with van der Waals surface area (Å²) in [5.74, 6) is 0.138. The number of piperidine rings is 2. The molecule has 0 saturated carbocycles. The average molecular weight is 487 g/mol. The molecule has 2 aromatic carbocycles. The van der Waals surface area contributed by atoms with E-state index in [4.69, 9.17) is 4.42 Å². The number of nitrogens with zero attached hydrogens (tertiary/aromatic N) is 1. The third-order valence-electron chi connectivity index (χ3n) is 6.84. The number of carbonyl (C=O) groups excluding carboxylic acids is 1. The SMILES string of the molecule is O=C(NC1CCNCC1)c1cc2ccc(NC3CCN(c4ccc(C(F)(F)F)cc4)CC3)cc2o1. The summed E-state index contributed by atoms with van der Waals surface area (Å²) in [5.41, 5.74) is 1.76. The molecular formula is C26H29F3N4O2. The lowest BCUT2D eigenvalue weighted by molar-refractivity contribution is -0.137. The maximum absolute atomic E-state index is 12.8. The summed E-state index contributed by atoms with van der Waals surface area (Å²) in [5, 5.41) is 10.8. The first-order chi connectivity index (χ1) is 16.8. The van der Waals surface area contributed by atoms with E-state index in [0.29, 0.717) is 11.3 Å². The van der Waals surface area contributed by atoms with Crippen LogP contribution in [-0.2, 0) is 6.18 Å². The van der Waals surface area contributed by atoms with Crippen molar-refractivity contribution in [2.75, 3.05) is 36.4 Å². The fraction of sp³-hybridized carbons (Fsp3) is 0.423. The summed E-state index contributed by atoms with van der Waals surface area (Å²) >= 11 is 0. The van der Waals surface area contributed by atoms with E-state index >= 15 is 0 Å². The van der Waals surface area contributed by atoms with Gasteiger partial charge in [-0.05, 0) is 81.2 Å². The standard InChI is InChI=1S/C26H29F3N4O2/c27-26(28,29)18-2-5-22(6-3-18)33-13-9-20(10-14-33)31-21-4-1-17-15-24(35-23(17)16-21)25(34)32-19-7-11-30-12-8-19/h1-6,15-16,19-20,30-31H,7-14H2,(H,32,34). The van der Waals surface area contributed by atoms with Crippen molar-refractivity contribution in [2.24, 2.45) is 0 Å². The maximum Gasteiger partial charge on any atom is 0.416 e. The molecule has 2 saturated heterocycles. The van der Waals surface area contributed by atoms with Gasteiger partial charge in [-0.25, -0.2) is 0 Å². The molecule has 2 fully saturated rings. The number of rotatable bonds is 5. The van der Waals surface area contributed by atoms with Gasteiger partial charge in [-0.2, -0.15) is 13.2 Å². The lowest BCUT2D eigenvalue weighted by atomic mass is 10.0. The van der Waals surface area contributed by atoms with Crippen LogP contribution in [0.15, 0.2) is 52.9 Å². The van der Waals surface area contributed by atoms with E-state index in [-0.39, 0.29) is 18.0 Å². The summed E-state index contributed by atoms with van der Waals surface area (Å²) in [7, 11) is 0. The summed E-state index contributed by atoms with van der Waals surface area (Å²) in [4.78, 5) is 14.7. The van der Waals surface area contributed by atoms with Gasteiger partial charge in [0.25, 0.3) is 5.91 Å². The Bertz CT molecular complexity index is 1160. The van der Waals surface area contributed by atoms with Crippen LogP contribution < -0.4 is 20.9 Å². The third-order valence-corrected chi connectivity index (χ3v) is 6.84. The molecule has 5 rings (SSSR count). The number of benzene rings is 2. The fourth-order valence-corrected chi connectivity index (χ4v) is 4.83. The van der Waals surface area contributed by atoms with Gasteiger partial charge in [0.2, 0.25) is 0 Å². The molecule has 0 atom stereocenters. The average Bonchev–Trinajstić information content (AvgIpc) is 3.29. The van der Waals surface area contributed by atoms with Crippen molar-refractivity contribution in [3.8, 4) is 0 Å². The molecule has 0 bridgehead atoms. The van der Waals surface area contributed by atoms with Crippen LogP contribution in [0, 0.1) is 0 Å². The van der Waals surface area contributed by atoms with Gasteiger partial charge >= 0.3 is 6.18 Å². The molecule has 6 nitrogen and oxygen atoms in total. The number of fused-ring (bicyclic) bond motifs is 1. The largest absolute Gasteiger partial charge is 0.451 e. The highest BCUT2D eigenvalue weighted by molar-refractivity contribution is 5.96. The number of anilines is 2. The van der Waals surface area contributed by atoms with Crippen LogP contribution in [0.4, 0.5) is 24.5 Å². The van der Waals surface area contributed by atoms with Crippen molar-refractivity contribution in [3.05, 3.63) is 59.9 Å². The Labute approximate surface area is 201 Å². The maximum atomic E-state index is 12.8. The summed E-state index contributed by atoms with van der Waals surface area (Å²) in [6.45, 7) is 3.33. The molecule has 9 heteroatoms. The minimum absolute atomic E-state index is 0.169. The van der Waals surface area contributed by atoms with E-state index in [1.165, 1.54) is 0 Å². The van der Waals surface area contributed by atoms with Crippen LogP contribution in [0.25, 0.3) is 11.0 Å². The second kappa shape index (κ2) is 9.81. The molecule has 3 N–H and O–H groups in total. The third kappa shape index (κ3) is 5.56. The van der Waals surface area contributed by atoms with Crippen LogP contribution >= 0.6 is 0 Å². The molecule has 0 unspecified atom stereocenters. The molecule has 2 aliphatic rings. The van der Waals surface area contributed by atoms with E-state index in [9.17, 15) is 18.0 Å². The zero-order chi connectivity index (χ0) is 24.4. The van der Waals surface area contributed by atoms with Crippen molar-refractivity contribution < 1.29 is 22.4 Å². The second-order valence-electron chi connectivity index (χ2n) is 9.31. The highest BCUT2D eigenvalue weighted by Gasteiger charge is 2.30. The minimum atomic E-state index is -4.32. The normalized spacial score (nSPS) is 18.1. The van der Waals surface area contributed by atoms with Gasteiger partial charge in [0.1, 0.15) is 5.58 Å². The van der Waals surface area contributed by atoms with Crippen LogP contribution in [0.3, 0.4) is 0 Å². The Morgan fingerprint density at radius 3 is 2.34 bits per heavy atom. The Balaban J connectivity index is 1.17. The highest BCUT2D eigenvalue weighted by Crippen LogP contribution is 2.31. The fourth-order valence-electron chi connectivity index (χ4n) is 4.83. The lowest BCUT2D eigenvalue weighted by Gasteiger charge is -2.34. The number of hydrogen-bond acceptors (Lipinski definition) is 5. The van der Waals surface area contributed by atoms with E-state index in [1.807, 2.05) is 18.2 Å². The molecule has 0 aliphatic carbocycles. The minimum Gasteiger partial charge on any atom is -0.451 e. The van der Waals surface area contributed by atoms with Crippen molar-refractivity contribution in [3.63, 3.8) is 0 Å². The molecule has 186 valence electrons. The Morgan fingerprint density at radius 2 is 1.66 bits per heavy atom. The van der Waals surface area contributed by atoms with E-state index in [2.05, 4.69) is 20.9 Å². The Morgan fingerprint density at radius 1 is 0.943 bits per heavy atom. The van der Waals surface area contributed by atoms with Crippen molar-refractivity contribution >= 4 is 28.3 Å². The summed E-state index contributed by atoms with van der Waals surface area (Å²) in [6, 6.07) is 13.4. The number of amides is 1. The van der Waals surface area contributed by atoms with E-state index in [0.717, 1.165) is 80.8 Å². The lowest BCUT2D eigenvalue weighted by Crippen LogP contribution is -2.42. The first kappa shape index (κ1) is 23.5. The topological polar surface area (TPSA) is 69.5 Å². The van der Waals surface area contributed by atoms with Gasteiger partial charge in [0.05, 0.1) is 5.56 Å². The Kier molecular flexibility index (Phi) is 6.60. The van der Waals surface area contributed by atoms with Crippen LogP contribution in [0.5, 0.6) is 0 Å². The van der Waals surface area contributed by atoms with Crippen molar-refractivity contribution in [1.82, 2.24) is 10.6 Å². The van der Waals surface area contributed by atoms with E-state index in [1.54, 1.807) is 18.2 Å². The number of alkyl halides is 3. The molecule has 0 radical (unpaired) electrons. The summed E-state index contributed by atoms with van der Waals surface area (Å²) < 4.78 is 44.3. The Hall–Kier alpha value is -3.20. The molecule has 1 aromatic heterocycles. The first-order valence-corrected chi connectivity index (χ1v) is 12.1. The van der Waals surface area contributed by atoms with Crippen molar-refractivity contribution in [1.29, 1.82) is 0 Å². The number of nitrogens with one attached hydrogen (secondary N) is 3.